The molecule has 0 aromatic heterocycles. The summed E-state index contributed by atoms with van der Waals surface area (Å²) in [5, 5.41) is 23.1. The van der Waals surface area contributed by atoms with E-state index < -0.39 is 22.3 Å². The first-order valence-corrected chi connectivity index (χ1v) is 6.86. The third-order valence-corrected chi connectivity index (χ3v) is 3.73. The molecule has 0 aliphatic rings. The summed E-state index contributed by atoms with van der Waals surface area (Å²) in [5.74, 6) is -1.07. The number of amides is 1. The molecule has 2 aromatic carbocycles. The van der Waals surface area contributed by atoms with Gasteiger partial charge in [-0.3, -0.25) is 14.9 Å². The Balaban J connectivity index is 2.30. The summed E-state index contributed by atoms with van der Waals surface area (Å²) in [6.45, 7) is 0. The number of nitrogens with zero attached hydrogens (tertiary/aromatic N) is 1. The topological polar surface area (TPSA) is 92.5 Å². The van der Waals surface area contributed by atoms with Crippen molar-refractivity contribution in [2.45, 2.75) is 0 Å². The van der Waals surface area contributed by atoms with Crippen LogP contribution in [0.15, 0.2) is 30.3 Å². The van der Waals surface area contributed by atoms with Crippen molar-refractivity contribution in [1.82, 2.24) is 0 Å². The van der Waals surface area contributed by atoms with Gasteiger partial charge in [-0.15, -0.1) is 0 Å². The smallest absolute Gasteiger partial charge is 0.291 e. The van der Waals surface area contributed by atoms with Gasteiger partial charge < -0.3 is 10.4 Å². The van der Waals surface area contributed by atoms with Gasteiger partial charge in [0.25, 0.3) is 11.6 Å². The summed E-state index contributed by atoms with van der Waals surface area (Å²) in [5.41, 5.74) is -0.332. The number of anilines is 1. The summed E-state index contributed by atoms with van der Waals surface area (Å²) >= 11 is 17.3. The van der Waals surface area contributed by atoms with Crippen molar-refractivity contribution in [1.29, 1.82) is 0 Å². The molecule has 0 atom stereocenters. The monoisotopic (exact) mass is 360 g/mol. The molecule has 0 fully saturated rings. The summed E-state index contributed by atoms with van der Waals surface area (Å²) in [7, 11) is 0. The Kier molecular flexibility index (Phi) is 4.75. The van der Waals surface area contributed by atoms with Crippen LogP contribution in [0.2, 0.25) is 15.1 Å². The van der Waals surface area contributed by atoms with Gasteiger partial charge >= 0.3 is 0 Å². The first kappa shape index (κ1) is 16.4. The molecule has 2 N–H and O–H groups in total. The fourth-order valence-corrected chi connectivity index (χ4v) is 2.15. The Morgan fingerprint density at radius 3 is 2.36 bits per heavy atom. The molecule has 0 heterocycles. The van der Waals surface area contributed by atoms with Crippen LogP contribution < -0.4 is 5.32 Å². The highest BCUT2D eigenvalue weighted by Gasteiger charge is 2.18. The number of nitrogens with one attached hydrogen (secondary N) is 1. The van der Waals surface area contributed by atoms with Crippen molar-refractivity contribution in [3.8, 4) is 5.75 Å². The maximum Gasteiger partial charge on any atom is 0.291 e. The molecule has 2 rings (SSSR count). The fraction of sp³-hybridized carbons (Fsp3) is 0. The Morgan fingerprint density at radius 2 is 1.77 bits per heavy atom. The highest BCUT2D eigenvalue weighted by atomic mass is 35.5. The van der Waals surface area contributed by atoms with Gasteiger partial charge in [-0.25, -0.2) is 0 Å². The third kappa shape index (κ3) is 3.41. The van der Waals surface area contributed by atoms with Crippen molar-refractivity contribution in [2.75, 3.05) is 5.32 Å². The number of hydrogen-bond acceptors (Lipinski definition) is 4. The fourth-order valence-electron chi connectivity index (χ4n) is 1.62. The van der Waals surface area contributed by atoms with Gasteiger partial charge in [0, 0.05) is 5.56 Å². The molecule has 0 unspecified atom stereocenters. The molecule has 2 aromatic rings. The number of phenolic OH excluding ortho intramolecular Hbond substituents is 1. The van der Waals surface area contributed by atoms with E-state index >= 15 is 0 Å². The molecule has 0 bridgehead atoms. The molecule has 9 heteroatoms. The van der Waals surface area contributed by atoms with Crippen LogP contribution in [0.5, 0.6) is 5.75 Å². The number of phenols is 1. The van der Waals surface area contributed by atoms with Gasteiger partial charge in [0.15, 0.2) is 0 Å². The van der Waals surface area contributed by atoms with Gasteiger partial charge in [-0.05, 0) is 24.3 Å². The molecule has 0 spiro atoms. The minimum Gasteiger partial charge on any atom is -0.506 e. The van der Waals surface area contributed by atoms with Crippen LogP contribution in [0.25, 0.3) is 0 Å². The van der Waals surface area contributed by atoms with Crippen molar-refractivity contribution < 1.29 is 14.8 Å². The lowest BCUT2D eigenvalue weighted by Gasteiger charge is -2.08. The molecular weight excluding hydrogens is 355 g/mol. The number of nitro benzene ring substituents is 1. The molecule has 114 valence electrons. The summed E-state index contributed by atoms with van der Waals surface area (Å²) in [6, 6.07) is 6.18. The van der Waals surface area contributed by atoms with Crippen LogP contribution in [0.1, 0.15) is 10.4 Å². The normalized spacial score (nSPS) is 10.3. The molecule has 0 aliphatic carbocycles. The first-order valence-electron chi connectivity index (χ1n) is 5.73. The number of benzene rings is 2. The van der Waals surface area contributed by atoms with Crippen LogP contribution in [0.3, 0.4) is 0 Å². The minimum absolute atomic E-state index is 0.0633. The lowest BCUT2D eigenvalue weighted by atomic mass is 10.2. The Hall–Kier alpha value is -2.02. The lowest BCUT2D eigenvalue weighted by Crippen LogP contribution is -2.12. The van der Waals surface area contributed by atoms with Gasteiger partial charge in [0.05, 0.1) is 26.7 Å². The van der Waals surface area contributed by atoms with Crippen LogP contribution >= 0.6 is 34.8 Å². The van der Waals surface area contributed by atoms with Crippen LogP contribution in [-0.4, -0.2) is 15.9 Å². The van der Waals surface area contributed by atoms with Gasteiger partial charge in [0.1, 0.15) is 10.8 Å². The zero-order valence-corrected chi connectivity index (χ0v) is 12.9. The molecule has 1 amide bonds. The lowest BCUT2D eigenvalue weighted by molar-refractivity contribution is -0.384. The summed E-state index contributed by atoms with van der Waals surface area (Å²) < 4.78 is 0. The zero-order chi connectivity index (χ0) is 16.4. The average Bonchev–Trinajstić information content (AvgIpc) is 2.45. The second-order valence-corrected chi connectivity index (χ2v) is 5.38. The third-order valence-electron chi connectivity index (χ3n) is 2.69. The predicted octanol–water partition coefficient (Wildman–Crippen LogP) is 4.51. The van der Waals surface area contributed by atoms with E-state index in [-0.39, 0.29) is 21.3 Å². The highest BCUT2D eigenvalue weighted by molar-refractivity contribution is 6.42. The van der Waals surface area contributed by atoms with Gasteiger partial charge in [-0.2, -0.15) is 0 Å². The van der Waals surface area contributed by atoms with Crippen LogP contribution in [0, 0.1) is 10.1 Å². The van der Waals surface area contributed by atoms with Gasteiger partial charge in [0.2, 0.25) is 0 Å². The largest absolute Gasteiger partial charge is 0.506 e. The average molecular weight is 362 g/mol. The molecule has 22 heavy (non-hydrogen) atoms. The van der Waals surface area contributed by atoms with Crippen molar-refractivity contribution in [3.05, 3.63) is 61.1 Å². The summed E-state index contributed by atoms with van der Waals surface area (Å²) in [6.07, 6.45) is 0. The molecule has 0 saturated heterocycles. The minimum atomic E-state index is -0.743. The number of carbonyl (C=O) groups excluding carboxylic acids is 1. The second-order valence-electron chi connectivity index (χ2n) is 4.16. The molecule has 0 aliphatic heterocycles. The standard InChI is InChI=1S/C13H7Cl3N2O4/c14-7-2-1-6(3-8(7)15)13(20)17-10-4-9(16)11(18(21)22)5-12(10)19/h1-5,19H,(H,17,20). The van der Waals surface area contributed by atoms with E-state index in [0.29, 0.717) is 5.02 Å². The molecule has 0 saturated carbocycles. The van der Waals surface area contributed by atoms with Crippen LogP contribution in [-0.2, 0) is 0 Å². The van der Waals surface area contributed by atoms with E-state index in [9.17, 15) is 20.0 Å². The van der Waals surface area contributed by atoms with E-state index in [1.807, 2.05) is 0 Å². The zero-order valence-electron chi connectivity index (χ0n) is 10.6. The maximum absolute atomic E-state index is 12.1. The number of aromatic hydroxyl groups is 1. The van der Waals surface area contributed by atoms with E-state index in [2.05, 4.69) is 5.32 Å². The highest BCUT2D eigenvalue weighted by Crippen LogP contribution is 2.35. The Labute approximate surface area is 139 Å². The van der Waals surface area contributed by atoms with E-state index in [1.165, 1.54) is 18.2 Å². The first-order chi connectivity index (χ1) is 10.3. The van der Waals surface area contributed by atoms with E-state index in [1.54, 1.807) is 0 Å². The molecular formula is C13H7Cl3N2O4. The number of hydrogen-bond donors (Lipinski definition) is 2. The van der Waals surface area contributed by atoms with Crippen molar-refractivity contribution in [2.24, 2.45) is 0 Å². The Bertz CT molecular complexity index is 780. The van der Waals surface area contributed by atoms with E-state index in [0.717, 1.165) is 12.1 Å². The van der Waals surface area contributed by atoms with Crippen molar-refractivity contribution >= 4 is 52.1 Å². The van der Waals surface area contributed by atoms with Crippen molar-refractivity contribution in [3.63, 3.8) is 0 Å². The number of rotatable bonds is 3. The number of carbonyl (C=O) groups is 1. The van der Waals surface area contributed by atoms with E-state index in [4.69, 9.17) is 34.8 Å². The predicted molar refractivity (Wildman–Crippen MR) is 84.2 cm³/mol. The summed E-state index contributed by atoms with van der Waals surface area (Å²) in [4.78, 5) is 22.0. The van der Waals surface area contributed by atoms with Crippen LogP contribution in [0.4, 0.5) is 11.4 Å². The quantitative estimate of drug-likeness (QED) is 0.478. The number of nitro groups is 1. The maximum atomic E-state index is 12.1. The molecule has 0 radical (unpaired) electrons. The number of halogens is 3. The second kappa shape index (κ2) is 6.39. The SMILES string of the molecule is O=C(Nc1cc(Cl)c([N+](=O)[O-])cc1O)c1ccc(Cl)c(Cl)c1. The Morgan fingerprint density at radius 1 is 1.09 bits per heavy atom. The molecule has 6 nitrogen and oxygen atoms in total. The van der Waals surface area contributed by atoms with Gasteiger partial charge in [-0.1, -0.05) is 34.8 Å².